The molecule has 1 amide bonds. The van der Waals surface area contributed by atoms with E-state index in [1.54, 1.807) is 24.7 Å². The summed E-state index contributed by atoms with van der Waals surface area (Å²) in [5.41, 5.74) is 3.54. The normalized spacial score (nSPS) is 18.1. The average molecular weight is 566 g/mol. The van der Waals surface area contributed by atoms with Gasteiger partial charge in [0.05, 0.1) is 23.7 Å². The summed E-state index contributed by atoms with van der Waals surface area (Å²) in [5.74, 6) is 1.46. The fourth-order valence-electron chi connectivity index (χ4n) is 5.85. The molecule has 5 aromatic rings. The highest BCUT2D eigenvalue weighted by Crippen LogP contribution is 2.35. The number of carbonyl (C=O) groups is 1. The topological polar surface area (TPSA) is 114 Å². The van der Waals surface area contributed by atoms with Crippen LogP contribution in [-0.2, 0) is 11.8 Å². The lowest BCUT2D eigenvalue weighted by atomic mass is 9.90. The highest BCUT2D eigenvalue weighted by atomic mass is 19.1. The summed E-state index contributed by atoms with van der Waals surface area (Å²) in [6.45, 7) is 6.81. The Balaban J connectivity index is 1.15. The van der Waals surface area contributed by atoms with Crippen LogP contribution in [0.25, 0.3) is 22.2 Å². The maximum absolute atomic E-state index is 15.4. The molecule has 0 aliphatic carbocycles. The van der Waals surface area contributed by atoms with E-state index < -0.39 is 5.82 Å². The van der Waals surface area contributed by atoms with Crippen molar-refractivity contribution in [3.63, 3.8) is 0 Å². The van der Waals surface area contributed by atoms with Crippen LogP contribution in [0.2, 0.25) is 0 Å². The van der Waals surface area contributed by atoms with Gasteiger partial charge in [0.2, 0.25) is 5.91 Å². The van der Waals surface area contributed by atoms with Crippen molar-refractivity contribution in [1.82, 2.24) is 34.4 Å². The predicted molar refractivity (Wildman–Crippen MR) is 156 cm³/mol. The Morgan fingerprint density at radius 1 is 1.10 bits per heavy atom. The number of imidazole rings is 1. The Morgan fingerprint density at radius 2 is 1.95 bits per heavy atom. The van der Waals surface area contributed by atoms with Gasteiger partial charge in [-0.3, -0.25) is 4.79 Å². The SMILES string of the molecule is C=CC(=O)N1C[C@@H]2CC[C@H]1CN2c1ccc2ncnc(Nc3cc(C)c(Oc4cnc5c(c4)ncn5C)cc3F)c2n1. The number of aromatic nitrogens is 6. The van der Waals surface area contributed by atoms with Gasteiger partial charge in [-0.2, -0.15) is 0 Å². The molecule has 2 atom stereocenters. The van der Waals surface area contributed by atoms with Crippen molar-refractivity contribution in [3.8, 4) is 11.5 Å². The van der Waals surface area contributed by atoms with Crippen LogP contribution in [0, 0.1) is 12.7 Å². The van der Waals surface area contributed by atoms with Crippen LogP contribution in [-0.4, -0.2) is 65.5 Å². The van der Waals surface area contributed by atoms with Crippen LogP contribution in [0.3, 0.4) is 0 Å². The lowest BCUT2D eigenvalue weighted by Gasteiger charge is -2.51. The molecule has 3 aliphatic heterocycles. The van der Waals surface area contributed by atoms with Gasteiger partial charge in [0, 0.05) is 44.4 Å². The van der Waals surface area contributed by atoms with Crippen molar-refractivity contribution in [2.75, 3.05) is 23.3 Å². The molecule has 12 heteroatoms. The molecule has 1 N–H and O–H groups in total. The maximum atomic E-state index is 15.4. The van der Waals surface area contributed by atoms with Crippen LogP contribution in [0.1, 0.15) is 18.4 Å². The average Bonchev–Trinajstić information content (AvgIpc) is 3.38. The number of piperazine rings is 1. The van der Waals surface area contributed by atoms with Gasteiger partial charge in [-0.15, -0.1) is 0 Å². The number of ether oxygens (including phenoxy) is 1. The van der Waals surface area contributed by atoms with Gasteiger partial charge in [-0.1, -0.05) is 6.58 Å². The van der Waals surface area contributed by atoms with Crippen LogP contribution in [0.15, 0.2) is 61.8 Å². The largest absolute Gasteiger partial charge is 0.455 e. The van der Waals surface area contributed by atoms with Crippen LogP contribution < -0.4 is 15.0 Å². The molecule has 0 radical (unpaired) electrons. The molecule has 7 heterocycles. The van der Waals surface area contributed by atoms with E-state index in [-0.39, 0.29) is 23.7 Å². The highest BCUT2D eigenvalue weighted by Gasteiger charge is 2.41. The number of halogens is 1. The summed E-state index contributed by atoms with van der Waals surface area (Å²) >= 11 is 0. The van der Waals surface area contributed by atoms with E-state index in [2.05, 4.69) is 36.7 Å². The summed E-state index contributed by atoms with van der Waals surface area (Å²) in [7, 11) is 1.86. The van der Waals surface area contributed by atoms with Crippen molar-refractivity contribution >= 4 is 45.4 Å². The van der Waals surface area contributed by atoms with E-state index >= 15 is 4.39 Å². The highest BCUT2D eigenvalue weighted by molar-refractivity contribution is 5.89. The van der Waals surface area contributed by atoms with Crippen molar-refractivity contribution in [3.05, 3.63) is 73.2 Å². The smallest absolute Gasteiger partial charge is 0.246 e. The molecule has 11 nitrogen and oxygen atoms in total. The van der Waals surface area contributed by atoms with Crippen LogP contribution >= 0.6 is 0 Å². The first-order chi connectivity index (χ1) is 20.4. The second-order valence-corrected chi connectivity index (χ2v) is 10.7. The van der Waals surface area contributed by atoms with Crippen molar-refractivity contribution < 1.29 is 13.9 Å². The Bertz CT molecular complexity index is 1870. The summed E-state index contributed by atoms with van der Waals surface area (Å²) in [6, 6.07) is 8.88. The number of anilines is 3. The Morgan fingerprint density at radius 3 is 2.76 bits per heavy atom. The van der Waals surface area contributed by atoms with Gasteiger partial charge in [-0.05, 0) is 49.6 Å². The number of pyridine rings is 2. The number of nitrogens with one attached hydrogen (secondary N) is 1. The molecule has 0 saturated carbocycles. The first-order valence-electron chi connectivity index (χ1n) is 13.7. The van der Waals surface area contributed by atoms with Gasteiger partial charge >= 0.3 is 0 Å². The fraction of sp³-hybridized carbons (Fsp3) is 0.267. The monoisotopic (exact) mass is 565 g/mol. The quantitative estimate of drug-likeness (QED) is 0.294. The zero-order valence-electron chi connectivity index (χ0n) is 23.2. The molecule has 0 spiro atoms. The molecule has 42 heavy (non-hydrogen) atoms. The first kappa shape index (κ1) is 25.8. The van der Waals surface area contributed by atoms with Crippen molar-refractivity contribution in [2.24, 2.45) is 7.05 Å². The molecular formula is C30H28FN9O2. The number of nitrogens with zero attached hydrogens (tertiary/aromatic N) is 8. The number of aryl methyl sites for hydroxylation is 2. The molecule has 4 aromatic heterocycles. The second-order valence-electron chi connectivity index (χ2n) is 10.7. The van der Waals surface area contributed by atoms with Gasteiger partial charge in [0.1, 0.15) is 40.5 Å². The van der Waals surface area contributed by atoms with Crippen LogP contribution in [0.5, 0.6) is 11.5 Å². The standard InChI is InChI=1S/C30H28FN9O2/c1-4-27(41)40-14-18-5-6-19(40)13-39(18)26-8-7-22-28(37-26)29(34-15-33-22)36-23-9-17(2)25(11-21(23)31)42-20-10-24-30(32-12-20)38(3)16-35-24/h4,7-12,15-16,18-19H,1,5-6,13-14H2,2-3H3,(H,33,34,36)/t18-,19-/m0/s1. The molecule has 3 saturated heterocycles. The first-order valence-corrected chi connectivity index (χ1v) is 13.7. The summed E-state index contributed by atoms with van der Waals surface area (Å²) in [5, 5.41) is 3.12. The Labute approximate surface area is 240 Å². The van der Waals surface area contributed by atoms with Crippen molar-refractivity contribution in [2.45, 2.75) is 31.8 Å². The second kappa shape index (κ2) is 10.1. The van der Waals surface area contributed by atoms with E-state index in [9.17, 15) is 4.79 Å². The van der Waals surface area contributed by atoms with Gasteiger partial charge < -0.3 is 24.4 Å². The summed E-state index contributed by atoms with van der Waals surface area (Å²) in [6.07, 6.45) is 8.01. The number of benzene rings is 1. The number of rotatable bonds is 6. The molecular weight excluding hydrogens is 537 g/mol. The molecule has 212 valence electrons. The van der Waals surface area contributed by atoms with Gasteiger partial charge in [-0.25, -0.2) is 29.3 Å². The lowest BCUT2D eigenvalue weighted by Crippen LogP contribution is -2.64. The maximum Gasteiger partial charge on any atom is 0.246 e. The number of piperidine rings is 2. The summed E-state index contributed by atoms with van der Waals surface area (Å²) < 4.78 is 23.2. The van der Waals surface area contributed by atoms with E-state index in [1.807, 2.05) is 35.6 Å². The summed E-state index contributed by atoms with van der Waals surface area (Å²) in [4.78, 5) is 38.8. The molecule has 3 fully saturated rings. The zero-order chi connectivity index (χ0) is 29.0. The molecule has 1 aromatic carbocycles. The van der Waals surface area contributed by atoms with E-state index in [0.717, 1.165) is 29.9 Å². The Kier molecular flexibility index (Phi) is 6.18. The minimum Gasteiger partial charge on any atom is -0.455 e. The number of fused-ring (bicyclic) bond motifs is 5. The minimum atomic E-state index is -0.509. The van der Waals surface area contributed by atoms with Crippen LogP contribution in [0.4, 0.5) is 21.7 Å². The van der Waals surface area contributed by atoms with Gasteiger partial charge in [0.25, 0.3) is 0 Å². The van der Waals surface area contributed by atoms with E-state index in [0.29, 0.717) is 47.0 Å². The minimum absolute atomic E-state index is 0.0321. The number of hydrogen-bond acceptors (Lipinski definition) is 9. The molecule has 8 rings (SSSR count). The van der Waals surface area contributed by atoms with Crippen molar-refractivity contribution in [1.29, 1.82) is 0 Å². The number of amides is 1. The Hall–Kier alpha value is -5.13. The third-order valence-corrected chi connectivity index (χ3v) is 8.02. The molecule has 2 bridgehead atoms. The molecule has 3 aliphatic rings. The predicted octanol–water partition coefficient (Wildman–Crippen LogP) is 4.66. The van der Waals surface area contributed by atoms with E-state index in [4.69, 9.17) is 9.72 Å². The number of carbonyl (C=O) groups excluding carboxylic acids is 1. The zero-order valence-corrected chi connectivity index (χ0v) is 23.2. The van der Waals surface area contributed by atoms with E-state index in [1.165, 1.54) is 18.5 Å². The third-order valence-electron chi connectivity index (χ3n) is 8.02. The fourth-order valence-corrected chi connectivity index (χ4v) is 5.85. The third kappa shape index (κ3) is 4.44. The van der Waals surface area contributed by atoms with Gasteiger partial charge in [0.15, 0.2) is 11.5 Å². The molecule has 0 unspecified atom stereocenters. The number of hydrogen-bond donors (Lipinski definition) is 1. The lowest BCUT2D eigenvalue weighted by molar-refractivity contribution is -0.131.